The van der Waals surface area contributed by atoms with Crippen molar-refractivity contribution in [3.63, 3.8) is 0 Å². The minimum absolute atomic E-state index is 0.0658. The summed E-state index contributed by atoms with van der Waals surface area (Å²) in [6.07, 6.45) is 4.32. The molecule has 2 atom stereocenters. The largest absolute Gasteiger partial charge is 0.385 e. The molecule has 0 N–H and O–H groups in total. The van der Waals surface area contributed by atoms with Gasteiger partial charge in [0.15, 0.2) is 0 Å². The van der Waals surface area contributed by atoms with Crippen molar-refractivity contribution in [2.75, 3.05) is 13.7 Å². The van der Waals surface area contributed by atoms with E-state index in [4.69, 9.17) is 4.74 Å². The first-order chi connectivity index (χ1) is 10.9. The van der Waals surface area contributed by atoms with Crippen LogP contribution in [-0.2, 0) is 23.9 Å². The molecule has 0 aromatic carbocycles. The number of carbonyl (C=O) groups excluding carboxylic acids is 4. The quantitative estimate of drug-likeness (QED) is 0.546. The van der Waals surface area contributed by atoms with Crippen LogP contribution in [0.3, 0.4) is 0 Å². The fraction of sp³-hybridized carbons (Fsp3) is 0.778. The summed E-state index contributed by atoms with van der Waals surface area (Å²) in [6, 6.07) is 0. The lowest BCUT2D eigenvalue weighted by atomic mass is 9.77. The summed E-state index contributed by atoms with van der Waals surface area (Å²) in [5.74, 6) is 0.325. The van der Waals surface area contributed by atoms with Gasteiger partial charge in [0.25, 0.3) is 0 Å². The smallest absolute Gasteiger partial charge is 0.133 e. The summed E-state index contributed by atoms with van der Waals surface area (Å²) < 4.78 is 4.89. The van der Waals surface area contributed by atoms with Gasteiger partial charge in [-0.3, -0.25) is 19.2 Å². The molecule has 5 nitrogen and oxygen atoms in total. The predicted molar refractivity (Wildman–Crippen MR) is 86.1 cm³/mol. The van der Waals surface area contributed by atoms with Gasteiger partial charge in [-0.15, -0.1) is 0 Å². The Morgan fingerprint density at radius 2 is 1.70 bits per heavy atom. The Morgan fingerprint density at radius 3 is 2.30 bits per heavy atom. The van der Waals surface area contributed by atoms with Crippen molar-refractivity contribution in [1.82, 2.24) is 0 Å². The van der Waals surface area contributed by atoms with E-state index in [1.54, 1.807) is 7.11 Å². The van der Waals surface area contributed by atoms with Crippen LogP contribution in [0.15, 0.2) is 0 Å². The Balaban J connectivity index is 2.23. The van der Waals surface area contributed by atoms with Gasteiger partial charge in [0.1, 0.15) is 23.1 Å². The van der Waals surface area contributed by atoms with Gasteiger partial charge in [0, 0.05) is 58.2 Å². The van der Waals surface area contributed by atoms with Crippen LogP contribution in [0.4, 0.5) is 0 Å². The van der Waals surface area contributed by atoms with Crippen LogP contribution in [0.5, 0.6) is 0 Å². The molecule has 2 unspecified atom stereocenters. The summed E-state index contributed by atoms with van der Waals surface area (Å²) in [6.45, 7) is 2.09. The highest BCUT2D eigenvalue weighted by Crippen LogP contribution is 2.30. The number of carbonyl (C=O) groups is 4. The lowest BCUT2D eigenvalue weighted by Crippen LogP contribution is -2.27. The normalized spacial score (nSPS) is 21.2. The predicted octanol–water partition coefficient (Wildman–Crippen LogP) is 2.69. The van der Waals surface area contributed by atoms with E-state index in [2.05, 4.69) is 0 Å². The van der Waals surface area contributed by atoms with Crippen LogP contribution in [-0.4, -0.2) is 36.8 Å². The highest BCUT2D eigenvalue weighted by atomic mass is 16.5. The molecule has 1 rings (SSSR count). The maximum absolute atomic E-state index is 11.9. The minimum atomic E-state index is -0.168. The average molecular weight is 324 g/mol. The fourth-order valence-corrected chi connectivity index (χ4v) is 3.09. The first kappa shape index (κ1) is 19.7. The second-order valence-electron chi connectivity index (χ2n) is 6.57. The van der Waals surface area contributed by atoms with E-state index < -0.39 is 0 Å². The SMILES string of the molecule is COCCCC(=O)CCC(=O)CCC1CC(=O)CC(C(C)=O)C1. The molecule has 0 amide bonds. The summed E-state index contributed by atoms with van der Waals surface area (Å²) >= 11 is 0. The van der Waals surface area contributed by atoms with Crippen LogP contribution in [0.1, 0.15) is 64.7 Å². The topological polar surface area (TPSA) is 77.5 Å². The van der Waals surface area contributed by atoms with E-state index >= 15 is 0 Å². The van der Waals surface area contributed by atoms with E-state index in [-0.39, 0.29) is 41.4 Å². The zero-order chi connectivity index (χ0) is 17.2. The first-order valence-electron chi connectivity index (χ1n) is 8.46. The molecule has 1 saturated carbocycles. The van der Waals surface area contributed by atoms with Crippen molar-refractivity contribution in [3.05, 3.63) is 0 Å². The number of ether oxygens (including phenoxy) is 1. The van der Waals surface area contributed by atoms with E-state index in [0.29, 0.717) is 58.0 Å². The van der Waals surface area contributed by atoms with Crippen molar-refractivity contribution >= 4 is 23.1 Å². The van der Waals surface area contributed by atoms with E-state index in [1.807, 2.05) is 0 Å². The Kier molecular flexibility index (Phi) is 8.92. The molecule has 0 radical (unpaired) electrons. The number of ketones is 4. The van der Waals surface area contributed by atoms with Gasteiger partial charge in [-0.1, -0.05) is 0 Å². The highest BCUT2D eigenvalue weighted by molar-refractivity contribution is 5.88. The molecule has 0 aliphatic heterocycles. The molecule has 0 spiro atoms. The third-order valence-electron chi connectivity index (χ3n) is 4.50. The summed E-state index contributed by atoms with van der Waals surface area (Å²) in [5.41, 5.74) is 0. The number of methoxy groups -OCH3 is 1. The summed E-state index contributed by atoms with van der Waals surface area (Å²) in [4.78, 5) is 46.6. The van der Waals surface area contributed by atoms with Gasteiger partial charge < -0.3 is 4.74 Å². The summed E-state index contributed by atoms with van der Waals surface area (Å²) in [5, 5.41) is 0. The third kappa shape index (κ3) is 8.16. The molecule has 23 heavy (non-hydrogen) atoms. The second-order valence-corrected chi connectivity index (χ2v) is 6.57. The molecule has 0 saturated heterocycles. The molecule has 0 heterocycles. The lowest BCUT2D eigenvalue weighted by molar-refractivity contribution is -0.130. The summed E-state index contributed by atoms with van der Waals surface area (Å²) in [7, 11) is 1.60. The molecular formula is C18H28O5. The molecule has 0 aromatic rings. The van der Waals surface area contributed by atoms with Crippen molar-refractivity contribution in [2.24, 2.45) is 11.8 Å². The third-order valence-corrected chi connectivity index (χ3v) is 4.50. The molecule has 0 bridgehead atoms. The van der Waals surface area contributed by atoms with Crippen molar-refractivity contribution in [3.8, 4) is 0 Å². The molecule has 0 aromatic heterocycles. The van der Waals surface area contributed by atoms with E-state index in [0.717, 1.165) is 0 Å². The Bertz CT molecular complexity index is 441. The number of hydrogen-bond donors (Lipinski definition) is 0. The van der Waals surface area contributed by atoms with Crippen LogP contribution in [0.2, 0.25) is 0 Å². The maximum atomic E-state index is 11.9. The Hall–Kier alpha value is -1.36. The van der Waals surface area contributed by atoms with Gasteiger partial charge in [0.2, 0.25) is 0 Å². The lowest BCUT2D eigenvalue weighted by Gasteiger charge is -2.26. The van der Waals surface area contributed by atoms with Crippen molar-refractivity contribution in [2.45, 2.75) is 64.7 Å². The number of rotatable bonds is 11. The standard InChI is InChI=1S/C18H28O5/c1-13(19)15-10-14(11-18(22)12-15)5-6-17(21)8-7-16(20)4-3-9-23-2/h14-15H,3-12H2,1-2H3. The molecule has 5 heteroatoms. The van der Waals surface area contributed by atoms with Crippen molar-refractivity contribution < 1.29 is 23.9 Å². The first-order valence-corrected chi connectivity index (χ1v) is 8.46. The van der Waals surface area contributed by atoms with Crippen LogP contribution < -0.4 is 0 Å². The van der Waals surface area contributed by atoms with E-state index in [1.165, 1.54) is 6.92 Å². The monoisotopic (exact) mass is 324 g/mol. The average Bonchev–Trinajstić information content (AvgIpc) is 2.50. The molecule has 1 fully saturated rings. The van der Waals surface area contributed by atoms with Gasteiger partial charge >= 0.3 is 0 Å². The van der Waals surface area contributed by atoms with Gasteiger partial charge in [-0.05, 0) is 32.1 Å². The van der Waals surface area contributed by atoms with Gasteiger partial charge in [0.05, 0.1) is 0 Å². The molecule has 130 valence electrons. The minimum Gasteiger partial charge on any atom is -0.385 e. The molecule has 1 aliphatic rings. The molecular weight excluding hydrogens is 296 g/mol. The van der Waals surface area contributed by atoms with Crippen LogP contribution >= 0.6 is 0 Å². The number of Topliss-reactive ketones (excluding diaryl/α,β-unsaturated/α-hetero) is 4. The molecule has 1 aliphatic carbocycles. The van der Waals surface area contributed by atoms with Gasteiger partial charge in [-0.2, -0.15) is 0 Å². The van der Waals surface area contributed by atoms with Crippen LogP contribution in [0.25, 0.3) is 0 Å². The zero-order valence-corrected chi connectivity index (χ0v) is 14.3. The highest BCUT2D eigenvalue weighted by Gasteiger charge is 2.29. The van der Waals surface area contributed by atoms with E-state index in [9.17, 15) is 19.2 Å². The van der Waals surface area contributed by atoms with Gasteiger partial charge in [-0.25, -0.2) is 0 Å². The maximum Gasteiger partial charge on any atom is 0.133 e. The number of hydrogen-bond acceptors (Lipinski definition) is 5. The Labute approximate surface area is 138 Å². The fourth-order valence-electron chi connectivity index (χ4n) is 3.09. The van der Waals surface area contributed by atoms with Crippen molar-refractivity contribution in [1.29, 1.82) is 0 Å². The second kappa shape index (κ2) is 10.4. The zero-order valence-electron chi connectivity index (χ0n) is 14.3. The van der Waals surface area contributed by atoms with Crippen LogP contribution in [0, 0.1) is 11.8 Å². The Morgan fingerprint density at radius 1 is 1.04 bits per heavy atom.